The second-order valence-electron chi connectivity index (χ2n) is 5.09. The van der Waals surface area contributed by atoms with Crippen LogP contribution in [-0.2, 0) is 0 Å². The van der Waals surface area contributed by atoms with E-state index in [2.05, 4.69) is 10.2 Å². The van der Waals surface area contributed by atoms with Crippen LogP contribution in [-0.4, -0.2) is 23.5 Å². The van der Waals surface area contributed by atoms with E-state index in [1.54, 1.807) is 55.7 Å². The summed E-state index contributed by atoms with van der Waals surface area (Å²) in [7, 11) is 0. The lowest BCUT2D eigenvalue weighted by Crippen LogP contribution is -2.23. The molecule has 114 valence electrons. The number of allylic oxidation sites excluding steroid dienone is 1. The Morgan fingerprint density at radius 3 is 2.39 bits per heavy atom. The predicted molar refractivity (Wildman–Crippen MR) is 87.9 cm³/mol. The van der Waals surface area contributed by atoms with Gasteiger partial charge in [0.1, 0.15) is 11.7 Å². The van der Waals surface area contributed by atoms with Crippen LogP contribution in [0.2, 0.25) is 0 Å². The lowest BCUT2D eigenvalue weighted by molar-refractivity contribution is 0.0883. The monoisotopic (exact) mass is 306 g/mol. The number of fused-ring (bicyclic) bond motifs is 1. The molecule has 0 spiro atoms. The number of carbonyl (C=O) groups excluding carboxylic acids is 2. The number of hydrogen-bond acceptors (Lipinski definition) is 5. The first-order chi connectivity index (χ1) is 11.2. The van der Waals surface area contributed by atoms with Crippen molar-refractivity contribution in [1.82, 2.24) is 0 Å². The quantitative estimate of drug-likeness (QED) is 0.493. The van der Waals surface area contributed by atoms with Crippen LogP contribution in [0.1, 0.15) is 33.4 Å². The minimum absolute atomic E-state index is 0.215. The van der Waals surface area contributed by atoms with Crippen LogP contribution in [0.4, 0.5) is 0 Å². The second kappa shape index (κ2) is 6.36. The third-order valence-electron chi connectivity index (χ3n) is 3.57. The average Bonchev–Trinajstić information content (AvgIpc) is 3.15. The van der Waals surface area contributed by atoms with Crippen molar-refractivity contribution < 1.29 is 14.0 Å². The number of rotatable bonds is 4. The second-order valence-corrected chi connectivity index (χ2v) is 5.09. The van der Waals surface area contributed by atoms with Crippen molar-refractivity contribution in [3.8, 4) is 0 Å². The van der Waals surface area contributed by atoms with Crippen molar-refractivity contribution in [3.63, 3.8) is 0 Å². The highest BCUT2D eigenvalue weighted by Gasteiger charge is 2.40. The van der Waals surface area contributed by atoms with E-state index in [0.717, 1.165) is 0 Å². The molecule has 0 bridgehead atoms. The van der Waals surface area contributed by atoms with E-state index >= 15 is 0 Å². The molecule has 0 saturated heterocycles. The molecule has 1 aliphatic carbocycles. The van der Waals surface area contributed by atoms with Gasteiger partial charge in [0.25, 0.3) is 0 Å². The Hall–Kier alpha value is -3.08. The third-order valence-corrected chi connectivity index (χ3v) is 3.57. The van der Waals surface area contributed by atoms with Gasteiger partial charge in [-0.2, -0.15) is 10.2 Å². The summed E-state index contributed by atoms with van der Waals surface area (Å²) in [5.41, 5.74) is 1.30. The maximum atomic E-state index is 12.3. The van der Waals surface area contributed by atoms with Crippen molar-refractivity contribution >= 4 is 29.6 Å². The molecular weight excluding hydrogens is 292 g/mol. The van der Waals surface area contributed by atoms with Crippen LogP contribution >= 0.6 is 0 Å². The van der Waals surface area contributed by atoms with E-state index in [1.165, 1.54) is 6.21 Å². The van der Waals surface area contributed by atoms with Crippen molar-refractivity contribution in [3.05, 3.63) is 65.6 Å². The first kappa shape index (κ1) is 14.8. The predicted octanol–water partition coefficient (Wildman–Crippen LogP) is 3.43. The molecule has 0 fully saturated rings. The number of hydrogen-bond donors (Lipinski definition) is 0. The Labute approximate surface area is 133 Å². The van der Waals surface area contributed by atoms with Gasteiger partial charge in [-0.05, 0) is 31.2 Å². The molecule has 5 nitrogen and oxygen atoms in total. The molecule has 1 aliphatic rings. The summed E-state index contributed by atoms with van der Waals surface area (Å²) < 4.78 is 5.13. The standard InChI is InChI=1S/C18H14N2O3/c1-12(20-19-10-4-6-13-7-5-11-23-13)16-17(21)14-8-2-3-9-15(14)18(16)22/h2-11,16H,1H3/b6-4+,19-10+,20-12+. The summed E-state index contributed by atoms with van der Waals surface area (Å²) in [5, 5.41) is 7.85. The molecule has 0 saturated carbocycles. The summed E-state index contributed by atoms with van der Waals surface area (Å²) in [6.45, 7) is 1.64. The van der Waals surface area contributed by atoms with Crippen molar-refractivity contribution in [2.45, 2.75) is 6.92 Å². The first-order valence-corrected chi connectivity index (χ1v) is 7.13. The minimum atomic E-state index is -0.862. The molecule has 23 heavy (non-hydrogen) atoms. The molecule has 0 atom stereocenters. The van der Waals surface area contributed by atoms with Crippen LogP contribution < -0.4 is 0 Å². The van der Waals surface area contributed by atoms with E-state index < -0.39 is 5.92 Å². The third kappa shape index (κ3) is 2.94. The summed E-state index contributed by atoms with van der Waals surface area (Å²) in [6, 6.07) is 10.4. The highest BCUT2D eigenvalue weighted by molar-refractivity contribution is 6.36. The fraction of sp³-hybridized carbons (Fsp3) is 0.111. The summed E-state index contributed by atoms with van der Waals surface area (Å²) >= 11 is 0. The van der Waals surface area contributed by atoms with Gasteiger partial charge in [0.2, 0.25) is 0 Å². The van der Waals surface area contributed by atoms with Crippen LogP contribution in [0.3, 0.4) is 0 Å². The highest BCUT2D eigenvalue weighted by atomic mass is 16.3. The Morgan fingerprint density at radius 2 is 1.78 bits per heavy atom. The number of furan rings is 1. The molecule has 0 aliphatic heterocycles. The number of ketones is 2. The highest BCUT2D eigenvalue weighted by Crippen LogP contribution is 2.27. The molecule has 5 heteroatoms. The minimum Gasteiger partial charge on any atom is -0.465 e. The number of benzene rings is 1. The molecule has 1 heterocycles. The smallest absolute Gasteiger partial charge is 0.180 e. The van der Waals surface area contributed by atoms with Crippen molar-refractivity contribution in [1.29, 1.82) is 0 Å². The van der Waals surface area contributed by atoms with Gasteiger partial charge in [0, 0.05) is 17.3 Å². The molecule has 2 aromatic rings. The molecule has 0 amide bonds. The lowest BCUT2D eigenvalue weighted by atomic mass is 9.99. The molecule has 0 N–H and O–H groups in total. The Balaban J connectivity index is 1.72. The molecular formula is C18H14N2O3. The van der Waals surface area contributed by atoms with E-state index in [1.807, 2.05) is 6.07 Å². The fourth-order valence-corrected chi connectivity index (χ4v) is 2.47. The Morgan fingerprint density at radius 1 is 1.09 bits per heavy atom. The first-order valence-electron chi connectivity index (χ1n) is 7.13. The van der Waals surface area contributed by atoms with E-state index in [0.29, 0.717) is 22.6 Å². The molecule has 3 rings (SSSR count). The zero-order valence-corrected chi connectivity index (χ0v) is 12.5. The molecule has 1 aromatic heterocycles. The largest absolute Gasteiger partial charge is 0.465 e. The van der Waals surface area contributed by atoms with Crippen LogP contribution in [0.5, 0.6) is 0 Å². The van der Waals surface area contributed by atoms with Gasteiger partial charge in [-0.15, -0.1) is 0 Å². The summed E-state index contributed by atoms with van der Waals surface area (Å²) in [5.74, 6) is -0.589. The molecule has 0 radical (unpaired) electrons. The molecule has 1 aromatic carbocycles. The number of carbonyl (C=O) groups is 2. The lowest BCUT2D eigenvalue weighted by Gasteiger charge is -2.03. The van der Waals surface area contributed by atoms with Gasteiger partial charge in [-0.25, -0.2) is 0 Å². The van der Waals surface area contributed by atoms with Gasteiger partial charge < -0.3 is 4.42 Å². The zero-order chi connectivity index (χ0) is 16.2. The Bertz CT molecular complexity index is 795. The summed E-state index contributed by atoms with van der Waals surface area (Å²) in [6.07, 6.45) is 6.45. The van der Waals surface area contributed by atoms with E-state index in [-0.39, 0.29) is 11.6 Å². The Kier molecular flexibility index (Phi) is 4.10. The zero-order valence-electron chi connectivity index (χ0n) is 12.5. The number of Topliss-reactive ketones (excluding diaryl/α,β-unsaturated/α-hetero) is 2. The fourth-order valence-electron chi connectivity index (χ4n) is 2.47. The van der Waals surface area contributed by atoms with E-state index in [9.17, 15) is 9.59 Å². The van der Waals surface area contributed by atoms with Gasteiger partial charge in [-0.3, -0.25) is 9.59 Å². The van der Waals surface area contributed by atoms with Crippen LogP contribution in [0.25, 0.3) is 6.08 Å². The van der Waals surface area contributed by atoms with Crippen molar-refractivity contribution in [2.24, 2.45) is 16.1 Å². The van der Waals surface area contributed by atoms with Crippen molar-refractivity contribution in [2.75, 3.05) is 0 Å². The van der Waals surface area contributed by atoms with Gasteiger partial charge in [0.05, 0.1) is 12.0 Å². The normalized spacial score (nSPS) is 16.0. The maximum Gasteiger partial charge on any atom is 0.180 e. The van der Waals surface area contributed by atoms with Gasteiger partial charge in [0.15, 0.2) is 11.6 Å². The van der Waals surface area contributed by atoms with Crippen LogP contribution in [0.15, 0.2) is 63.4 Å². The average molecular weight is 306 g/mol. The SMILES string of the molecule is C\C(=N/N=C/C=C/c1ccco1)C1C(=O)c2ccccc2C1=O. The maximum absolute atomic E-state index is 12.3. The summed E-state index contributed by atoms with van der Waals surface area (Å²) in [4.78, 5) is 24.6. The van der Waals surface area contributed by atoms with Crippen LogP contribution in [0, 0.1) is 5.92 Å². The van der Waals surface area contributed by atoms with Gasteiger partial charge in [-0.1, -0.05) is 24.3 Å². The van der Waals surface area contributed by atoms with E-state index in [4.69, 9.17) is 4.42 Å². The number of nitrogens with zero attached hydrogens (tertiary/aromatic N) is 2. The molecule has 0 unspecified atom stereocenters. The van der Waals surface area contributed by atoms with Gasteiger partial charge >= 0.3 is 0 Å². The topological polar surface area (TPSA) is 72.0 Å².